The van der Waals surface area contributed by atoms with Crippen LogP contribution in [0.2, 0.25) is 0 Å². The Balaban J connectivity index is 0. The summed E-state index contributed by atoms with van der Waals surface area (Å²) >= 11 is 0. The van der Waals surface area contributed by atoms with E-state index in [-0.39, 0.29) is 18.2 Å². The standard InChI is InChI=1S/C5H11O.H3N/c1-5(2,3)4-6;/h4H2,1-3H3;1H3/q-1;/p+1. The van der Waals surface area contributed by atoms with E-state index in [1.807, 2.05) is 20.8 Å². The quantitative estimate of drug-likeness (QED) is 0.486. The summed E-state index contributed by atoms with van der Waals surface area (Å²) in [5, 5.41) is 9.95. The highest BCUT2D eigenvalue weighted by atomic mass is 16.3. The Morgan fingerprint density at radius 3 is 1.43 bits per heavy atom. The molecule has 0 radical (unpaired) electrons. The molecule has 0 aliphatic heterocycles. The molecule has 2 heteroatoms. The summed E-state index contributed by atoms with van der Waals surface area (Å²) in [6.45, 7) is 5.81. The molecule has 7 heavy (non-hydrogen) atoms. The zero-order valence-corrected chi connectivity index (χ0v) is 5.62. The highest BCUT2D eigenvalue weighted by molar-refractivity contribution is 4.54. The van der Waals surface area contributed by atoms with Crippen molar-refractivity contribution in [3.63, 3.8) is 0 Å². The highest BCUT2D eigenvalue weighted by Gasteiger charge is 1.98. The maximum Gasteiger partial charge on any atom is -0.0536 e. The molecular weight excluding hydrogens is 90.1 g/mol. The SMILES string of the molecule is CC(C)(C)C[O-].[NH4+]. The third kappa shape index (κ3) is 10.7. The van der Waals surface area contributed by atoms with Crippen LogP contribution in [0.25, 0.3) is 0 Å². The van der Waals surface area contributed by atoms with Crippen molar-refractivity contribution in [2.45, 2.75) is 20.8 Å². The van der Waals surface area contributed by atoms with Gasteiger partial charge in [-0.15, -0.1) is 6.61 Å². The minimum absolute atomic E-state index is 0. The molecule has 0 aliphatic rings. The number of rotatable bonds is 0. The molecular formula is C5H15NO. The first kappa shape index (κ1) is 10.0. The molecule has 46 valence electrons. The van der Waals surface area contributed by atoms with Crippen LogP contribution in [0.4, 0.5) is 0 Å². The number of hydrogen-bond acceptors (Lipinski definition) is 1. The predicted molar refractivity (Wildman–Crippen MR) is 30.3 cm³/mol. The molecule has 0 rings (SSSR count). The van der Waals surface area contributed by atoms with Gasteiger partial charge in [0.05, 0.1) is 0 Å². The molecule has 0 heterocycles. The zero-order valence-electron chi connectivity index (χ0n) is 5.62. The fourth-order valence-corrected chi connectivity index (χ4v) is 0. The van der Waals surface area contributed by atoms with Gasteiger partial charge in [-0.05, 0) is 0 Å². The Kier molecular flexibility index (Phi) is 4.28. The fraction of sp³-hybridized carbons (Fsp3) is 1.00. The molecule has 0 unspecified atom stereocenters. The summed E-state index contributed by atoms with van der Waals surface area (Å²) in [6, 6.07) is 0. The largest absolute Gasteiger partial charge is 0.854 e. The van der Waals surface area contributed by atoms with Crippen molar-refractivity contribution in [3.05, 3.63) is 0 Å². The van der Waals surface area contributed by atoms with Crippen molar-refractivity contribution in [2.24, 2.45) is 5.41 Å². The number of hydrogen-bond donors (Lipinski definition) is 1. The minimum atomic E-state index is -0.0139. The van der Waals surface area contributed by atoms with Gasteiger partial charge in [0, 0.05) is 0 Å². The third-order valence-corrected chi connectivity index (χ3v) is 0.433. The van der Waals surface area contributed by atoms with E-state index in [0.29, 0.717) is 0 Å². The first-order chi connectivity index (χ1) is 2.56. The second-order valence-corrected chi connectivity index (χ2v) is 2.70. The van der Waals surface area contributed by atoms with Gasteiger partial charge in [0.25, 0.3) is 0 Å². The average molecular weight is 105 g/mol. The first-order valence-electron chi connectivity index (χ1n) is 2.14. The Labute approximate surface area is 45.1 Å². The van der Waals surface area contributed by atoms with E-state index in [1.54, 1.807) is 0 Å². The first-order valence-corrected chi connectivity index (χ1v) is 2.14. The molecule has 0 aromatic rings. The van der Waals surface area contributed by atoms with Crippen LogP contribution < -0.4 is 11.3 Å². The molecule has 0 aliphatic carbocycles. The van der Waals surface area contributed by atoms with Crippen molar-refractivity contribution in [1.29, 1.82) is 0 Å². The van der Waals surface area contributed by atoms with Gasteiger partial charge in [-0.2, -0.15) is 0 Å². The lowest BCUT2D eigenvalue weighted by atomic mass is 9.99. The van der Waals surface area contributed by atoms with Gasteiger partial charge >= 0.3 is 0 Å². The van der Waals surface area contributed by atoms with Crippen molar-refractivity contribution >= 4 is 0 Å². The normalized spacial score (nSPS) is 10.3. The van der Waals surface area contributed by atoms with Gasteiger partial charge in [0.15, 0.2) is 0 Å². The van der Waals surface area contributed by atoms with E-state index in [1.165, 1.54) is 0 Å². The van der Waals surface area contributed by atoms with Crippen LogP contribution in [0, 0.1) is 5.41 Å². The van der Waals surface area contributed by atoms with Gasteiger partial charge in [0.1, 0.15) is 0 Å². The Morgan fingerprint density at radius 2 is 1.43 bits per heavy atom. The minimum Gasteiger partial charge on any atom is -0.854 e. The highest BCUT2D eigenvalue weighted by Crippen LogP contribution is 2.07. The third-order valence-electron chi connectivity index (χ3n) is 0.433. The monoisotopic (exact) mass is 105 g/mol. The Morgan fingerprint density at radius 1 is 1.29 bits per heavy atom. The lowest BCUT2D eigenvalue weighted by molar-refractivity contribution is -0.387. The molecule has 0 amide bonds. The van der Waals surface area contributed by atoms with Crippen LogP contribution in [-0.2, 0) is 0 Å². The van der Waals surface area contributed by atoms with E-state index < -0.39 is 0 Å². The van der Waals surface area contributed by atoms with Crippen molar-refractivity contribution in [2.75, 3.05) is 6.61 Å². The molecule has 2 nitrogen and oxygen atoms in total. The van der Waals surface area contributed by atoms with Gasteiger partial charge in [-0.1, -0.05) is 26.2 Å². The van der Waals surface area contributed by atoms with E-state index in [9.17, 15) is 5.11 Å². The molecule has 0 aromatic carbocycles. The average Bonchev–Trinajstić information content (AvgIpc) is 1.35. The van der Waals surface area contributed by atoms with Crippen LogP contribution in [0.5, 0.6) is 0 Å². The summed E-state index contributed by atoms with van der Waals surface area (Å²) in [5.74, 6) is 0. The molecule has 4 N–H and O–H groups in total. The maximum absolute atomic E-state index is 9.95. The maximum atomic E-state index is 9.95. The molecule has 0 fully saturated rings. The summed E-state index contributed by atoms with van der Waals surface area (Å²) in [4.78, 5) is 0. The summed E-state index contributed by atoms with van der Waals surface area (Å²) in [6.07, 6.45) is 0. The lowest BCUT2D eigenvalue weighted by Crippen LogP contribution is -2.22. The van der Waals surface area contributed by atoms with Gasteiger partial charge in [-0.3, -0.25) is 0 Å². The van der Waals surface area contributed by atoms with E-state index in [4.69, 9.17) is 0 Å². The molecule has 0 bridgehead atoms. The second kappa shape index (κ2) is 2.99. The molecule has 0 spiro atoms. The molecule has 0 aromatic heterocycles. The van der Waals surface area contributed by atoms with E-state index >= 15 is 0 Å². The summed E-state index contributed by atoms with van der Waals surface area (Å²) in [7, 11) is 0. The van der Waals surface area contributed by atoms with Crippen molar-refractivity contribution in [1.82, 2.24) is 6.15 Å². The van der Waals surface area contributed by atoms with Crippen LogP contribution in [0.1, 0.15) is 20.8 Å². The number of quaternary nitrogens is 1. The zero-order chi connectivity index (χ0) is 5.21. The van der Waals surface area contributed by atoms with Crippen molar-refractivity contribution < 1.29 is 5.11 Å². The lowest BCUT2D eigenvalue weighted by Gasteiger charge is -2.20. The topological polar surface area (TPSA) is 59.6 Å². The summed E-state index contributed by atoms with van der Waals surface area (Å²) in [5.41, 5.74) is -0.0139. The van der Waals surface area contributed by atoms with E-state index in [2.05, 4.69) is 0 Å². The fourth-order valence-electron chi connectivity index (χ4n) is 0. The van der Waals surface area contributed by atoms with Crippen LogP contribution in [0.3, 0.4) is 0 Å². The predicted octanol–water partition coefficient (Wildman–Crippen LogP) is 0.769. The van der Waals surface area contributed by atoms with Gasteiger partial charge in [-0.25, -0.2) is 0 Å². The van der Waals surface area contributed by atoms with Crippen LogP contribution in [-0.4, -0.2) is 6.61 Å². The molecule has 0 saturated carbocycles. The Bertz CT molecular complexity index is 37.8. The second-order valence-electron chi connectivity index (χ2n) is 2.70. The molecule has 0 saturated heterocycles. The Hall–Kier alpha value is -0.0800. The van der Waals surface area contributed by atoms with Crippen molar-refractivity contribution in [3.8, 4) is 0 Å². The summed E-state index contributed by atoms with van der Waals surface area (Å²) < 4.78 is 0. The smallest absolute Gasteiger partial charge is 0.0536 e. The van der Waals surface area contributed by atoms with Crippen LogP contribution >= 0.6 is 0 Å². The van der Waals surface area contributed by atoms with Crippen LogP contribution in [0.15, 0.2) is 0 Å². The van der Waals surface area contributed by atoms with Gasteiger partial charge in [0.2, 0.25) is 0 Å². The van der Waals surface area contributed by atoms with E-state index in [0.717, 1.165) is 0 Å². The molecule has 0 atom stereocenters. The van der Waals surface area contributed by atoms with Gasteiger partial charge < -0.3 is 11.3 Å².